The summed E-state index contributed by atoms with van der Waals surface area (Å²) in [5.41, 5.74) is 3.79. The van der Waals surface area contributed by atoms with Crippen molar-refractivity contribution in [3.8, 4) is 0 Å². The van der Waals surface area contributed by atoms with Crippen molar-refractivity contribution in [3.05, 3.63) is 65.7 Å². The van der Waals surface area contributed by atoms with E-state index in [4.69, 9.17) is 0 Å². The molecule has 1 atom stereocenters. The fourth-order valence-electron chi connectivity index (χ4n) is 2.27. The van der Waals surface area contributed by atoms with Crippen molar-refractivity contribution in [1.29, 1.82) is 0 Å². The highest BCUT2D eigenvalue weighted by Crippen LogP contribution is 2.23. The lowest BCUT2D eigenvalue weighted by atomic mass is 10.0. The van der Waals surface area contributed by atoms with Crippen molar-refractivity contribution in [2.45, 2.75) is 25.9 Å². The predicted octanol–water partition coefficient (Wildman–Crippen LogP) is 4.48. The number of nitrogens with zero attached hydrogens (tertiary/aromatic N) is 1. The summed E-state index contributed by atoms with van der Waals surface area (Å²) >= 11 is 0. The van der Waals surface area contributed by atoms with Crippen LogP contribution in [0.25, 0.3) is 0 Å². The second kappa shape index (κ2) is 6.58. The smallest absolute Gasteiger partial charge is 0.105 e. The van der Waals surface area contributed by atoms with Crippen LogP contribution in [0.15, 0.2) is 54.6 Å². The summed E-state index contributed by atoms with van der Waals surface area (Å²) < 4.78 is 0. The van der Waals surface area contributed by atoms with Gasteiger partial charge in [-0.15, -0.1) is 0 Å². The lowest BCUT2D eigenvalue weighted by Crippen LogP contribution is -2.26. The van der Waals surface area contributed by atoms with E-state index in [2.05, 4.69) is 86.7 Å². The Morgan fingerprint density at radius 2 is 1.40 bits per heavy atom. The van der Waals surface area contributed by atoms with Gasteiger partial charge in [-0.2, -0.15) is 0 Å². The molecule has 1 N–H and O–H groups in total. The third-order valence-electron chi connectivity index (χ3n) is 3.51. The van der Waals surface area contributed by atoms with Crippen LogP contribution in [0, 0.1) is 0 Å². The van der Waals surface area contributed by atoms with Gasteiger partial charge in [-0.25, -0.2) is 0 Å². The number of rotatable bonds is 5. The summed E-state index contributed by atoms with van der Waals surface area (Å²) in [6.45, 7) is 4.43. The Balaban J connectivity index is 2.17. The minimum atomic E-state index is 0.182. The zero-order valence-corrected chi connectivity index (χ0v) is 12.8. The Labute approximate surface area is 122 Å². The highest BCUT2D eigenvalue weighted by Gasteiger charge is 2.13. The van der Waals surface area contributed by atoms with Crippen LogP contribution in [0.5, 0.6) is 0 Å². The summed E-state index contributed by atoms with van der Waals surface area (Å²) in [6, 6.07) is 19.2. The maximum absolute atomic E-state index is 3.59. The van der Waals surface area contributed by atoms with Crippen molar-refractivity contribution >= 4 is 5.69 Å². The molecule has 0 bridgehead atoms. The Kier molecular flexibility index (Phi) is 4.80. The van der Waals surface area contributed by atoms with Crippen LogP contribution in [0.3, 0.4) is 0 Å². The summed E-state index contributed by atoms with van der Waals surface area (Å²) in [7, 11) is 4.18. The minimum absolute atomic E-state index is 0.182. The van der Waals surface area contributed by atoms with Crippen molar-refractivity contribution in [2.24, 2.45) is 0 Å². The summed E-state index contributed by atoms with van der Waals surface area (Å²) in [5, 5.41) is 3.59. The van der Waals surface area contributed by atoms with Crippen molar-refractivity contribution in [2.75, 3.05) is 19.4 Å². The standard InChI is InChI=1S/C18H24N2/c1-14(2)15-10-12-17(13-11-15)19-18(20(3)4)16-8-6-5-7-9-16/h5-14,18-19H,1-4H3. The molecular weight excluding hydrogens is 244 g/mol. The van der Waals surface area contributed by atoms with E-state index in [0.29, 0.717) is 5.92 Å². The molecule has 2 aromatic rings. The molecule has 0 amide bonds. The second-order valence-corrected chi connectivity index (χ2v) is 5.70. The Morgan fingerprint density at radius 1 is 0.800 bits per heavy atom. The number of hydrogen-bond acceptors (Lipinski definition) is 2. The normalized spacial score (nSPS) is 12.7. The number of nitrogens with one attached hydrogen (secondary N) is 1. The highest BCUT2D eigenvalue weighted by atomic mass is 15.2. The third kappa shape index (κ3) is 3.61. The van der Waals surface area contributed by atoms with E-state index < -0.39 is 0 Å². The molecule has 2 aromatic carbocycles. The zero-order valence-electron chi connectivity index (χ0n) is 12.8. The van der Waals surface area contributed by atoms with E-state index >= 15 is 0 Å². The maximum atomic E-state index is 3.59. The third-order valence-corrected chi connectivity index (χ3v) is 3.51. The molecule has 0 saturated carbocycles. The molecule has 2 nitrogen and oxygen atoms in total. The number of benzene rings is 2. The van der Waals surface area contributed by atoms with E-state index in [-0.39, 0.29) is 6.17 Å². The number of hydrogen-bond donors (Lipinski definition) is 1. The van der Waals surface area contributed by atoms with Crippen molar-refractivity contribution in [3.63, 3.8) is 0 Å². The van der Waals surface area contributed by atoms with Gasteiger partial charge in [0.1, 0.15) is 6.17 Å². The van der Waals surface area contributed by atoms with Gasteiger partial charge >= 0.3 is 0 Å². The van der Waals surface area contributed by atoms with Gasteiger partial charge in [0.25, 0.3) is 0 Å². The highest BCUT2D eigenvalue weighted by molar-refractivity contribution is 5.47. The van der Waals surface area contributed by atoms with Gasteiger partial charge in [0.2, 0.25) is 0 Å². The molecule has 1 unspecified atom stereocenters. The van der Waals surface area contributed by atoms with Gasteiger partial charge in [-0.1, -0.05) is 56.3 Å². The second-order valence-electron chi connectivity index (χ2n) is 5.70. The first-order chi connectivity index (χ1) is 9.58. The van der Waals surface area contributed by atoms with E-state index in [1.807, 2.05) is 6.07 Å². The summed E-state index contributed by atoms with van der Waals surface area (Å²) in [5.74, 6) is 0.572. The van der Waals surface area contributed by atoms with Gasteiger partial charge in [0.15, 0.2) is 0 Å². The predicted molar refractivity (Wildman–Crippen MR) is 87.0 cm³/mol. The average molecular weight is 268 g/mol. The SMILES string of the molecule is CC(C)c1ccc(NC(c2ccccc2)N(C)C)cc1. The first-order valence-corrected chi connectivity index (χ1v) is 7.16. The van der Waals surface area contributed by atoms with Crippen LogP contribution in [0.2, 0.25) is 0 Å². The quantitative estimate of drug-likeness (QED) is 0.804. The average Bonchev–Trinajstić information content (AvgIpc) is 2.46. The van der Waals surface area contributed by atoms with Crippen LogP contribution in [0.1, 0.15) is 37.1 Å². The topological polar surface area (TPSA) is 15.3 Å². The van der Waals surface area contributed by atoms with Crippen molar-refractivity contribution in [1.82, 2.24) is 4.90 Å². The molecule has 0 heterocycles. The molecular formula is C18H24N2. The maximum Gasteiger partial charge on any atom is 0.105 e. The monoisotopic (exact) mass is 268 g/mol. The molecule has 0 saturated heterocycles. The van der Waals surface area contributed by atoms with Crippen LogP contribution in [-0.4, -0.2) is 19.0 Å². The first kappa shape index (κ1) is 14.6. The van der Waals surface area contributed by atoms with Crippen LogP contribution < -0.4 is 5.32 Å². The Hall–Kier alpha value is -1.80. The van der Waals surface area contributed by atoms with Gasteiger partial charge in [-0.3, -0.25) is 4.90 Å². The van der Waals surface area contributed by atoms with Crippen LogP contribution >= 0.6 is 0 Å². The summed E-state index contributed by atoms with van der Waals surface area (Å²) in [4.78, 5) is 2.19. The van der Waals surface area contributed by atoms with Gasteiger partial charge in [0, 0.05) is 5.69 Å². The lowest BCUT2D eigenvalue weighted by molar-refractivity contribution is 0.330. The minimum Gasteiger partial charge on any atom is -0.366 e. The number of anilines is 1. The molecule has 2 heteroatoms. The fraction of sp³-hybridized carbons (Fsp3) is 0.333. The molecule has 2 rings (SSSR count). The zero-order chi connectivity index (χ0) is 14.5. The molecule has 0 aliphatic carbocycles. The molecule has 0 fully saturated rings. The fourth-order valence-corrected chi connectivity index (χ4v) is 2.27. The van der Waals surface area contributed by atoms with E-state index in [1.165, 1.54) is 11.1 Å². The van der Waals surface area contributed by atoms with Crippen LogP contribution in [-0.2, 0) is 0 Å². The van der Waals surface area contributed by atoms with E-state index in [9.17, 15) is 0 Å². The van der Waals surface area contributed by atoms with Gasteiger partial charge < -0.3 is 5.32 Å². The first-order valence-electron chi connectivity index (χ1n) is 7.16. The van der Waals surface area contributed by atoms with E-state index in [0.717, 1.165) is 5.69 Å². The molecule has 0 aliphatic rings. The molecule has 106 valence electrons. The molecule has 0 spiro atoms. The molecule has 20 heavy (non-hydrogen) atoms. The molecule has 0 aliphatic heterocycles. The van der Waals surface area contributed by atoms with E-state index in [1.54, 1.807) is 0 Å². The molecule has 0 aromatic heterocycles. The Morgan fingerprint density at radius 3 is 1.90 bits per heavy atom. The van der Waals surface area contributed by atoms with Crippen LogP contribution in [0.4, 0.5) is 5.69 Å². The largest absolute Gasteiger partial charge is 0.366 e. The van der Waals surface area contributed by atoms with Gasteiger partial charge in [-0.05, 0) is 43.3 Å². The lowest BCUT2D eigenvalue weighted by Gasteiger charge is -2.27. The Bertz CT molecular complexity index is 515. The van der Waals surface area contributed by atoms with Crippen molar-refractivity contribution < 1.29 is 0 Å². The molecule has 0 radical (unpaired) electrons. The van der Waals surface area contributed by atoms with Gasteiger partial charge in [0.05, 0.1) is 0 Å². The summed E-state index contributed by atoms with van der Waals surface area (Å²) in [6.07, 6.45) is 0.182.